The van der Waals surface area contributed by atoms with Gasteiger partial charge < -0.3 is 14.4 Å². The summed E-state index contributed by atoms with van der Waals surface area (Å²) in [6, 6.07) is 0. The van der Waals surface area contributed by atoms with Crippen LogP contribution in [0, 0.1) is 0 Å². The topological polar surface area (TPSA) is 49.8 Å². The minimum Gasteiger partial charge on any atom is -0.398 e. The van der Waals surface area contributed by atoms with Gasteiger partial charge in [0.25, 0.3) is 0 Å². The van der Waals surface area contributed by atoms with Crippen molar-refractivity contribution in [1.29, 1.82) is 0 Å². The molecule has 13 heavy (non-hydrogen) atoms. The van der Waals surface area contributed by atoms with E-state index in [-0.39, 0.29) is 11.6 Å². The van der Waals surface area contributed by atoms with Gasteiger partial charge in [-0.25, -0.2) is 0 Å². The lowest BCUT2D eigenvalue weighted by molar-refractivity contribution is -0.128. The van der Waals surface area contributed by atoms with E-state index in [2.05, 4.69) is 0 Å². The monoisotopic (exact) mass is 203 g/mol. The minimum atomic E-state index is -0.818. The fourth-order valence-corrected chi connectivity index (χ4v) is 2.63. The van der Waals surface area contributed by atoms with Gasteiger partial charge in [-0.15, -0.1) is 0 Å². The van der Waals surface area contributed by atoms with Crippen LogP contribution in [0.4, 0.5) is 0 Å². The van der Waals surface area contributed by atoms with Gasteiger partial charge in [-0.2, -0.15) is 0 Å². The predicted molar refractivity (Wildman–Crippen MR) is 51.7 cm³/mol. The molecule has 5 heteroatoms. The average molecular weight is 203 g/mol. The zero-order valence-corrected chi connectivity index (χ0v) is 9.61. The molecular weight excluding hydrogens is 186 g/mol. The number of aliphatic hydroxyl groups excluding tert-OH is 1. The molecule has 0 aliphatic carbocycles. The highest BCUT2D eigenvalue weighted by molar-refractivity contribution is 6.30. The van der Waals surface area contributed by atoms with Crippen LogP contribution in [0.2, 0.25) is 0 Å². The van der Waals surface area contributed by atoms with Crippen LogP contribution in [0.5, 0.6) is 0 Å². The Hall–Kier alpha value is -0.393. The zero-order valence-electron chi connectivity index (χ0n) is 8.19. The van der Waals surface area contributed by atoms with Gasteiger partial charge in [0.15, 0.2) is 9.76 Å². The molecule has 0 spiro atoms. The molecule has 0 saturated carbocycles. The summed E-state index contributed by atoms with van der Waals surface area (Å²) in [5.41, 5.74) is 0.213. The molecule has 0 aromatic rings. The molecule has 0 radical (unpaired) electrons. The Kier molecular flexibility index (Phi) is 3.89. The summed E-state index contributed by atoms with van der Waals surface area (Å²) in [7, 11) is -0.818. The van der Waals surface area contributed by atoms with E-state index in [4.69, 9.17) is 9.53 Å². The van der Waals surface area contributed by atoms with Gasteiger partial charge in [-0.05, 0) is 20.3 Å². The van der Waals surface area contributed by atoms with E-state index in [1.165, 1.54) is 0 Å². The van der Waals surface area contributed by atoms with Crippen molar-refractivity contribution in [3.05, 3.63) is 0 Å². The Morgan fingerprint density at radius 2 is 2.31 bits per heavy atom. The van der Waals surface area contributed by atoms with Crippen LogP contribution >= 0.6 is 0 Å². The first-order valence-corrected chi connectivity index (χ1v) is 6.10. The van der Waals surface area contributed by atoms with Gasteiger partial charge in [0.2, 0.25) is 5.91 Å². The number of aliphatic hydroxyl groups is 1. The summed E-state index contributed by atoms with van der Waals surface area (Å²) in [6.45, 7) is 4.46. The smallest absolute Gasteiger partial charge is 0.222 e. The molecule has 1 rings (SSSR count). The van der Waals surface area contributed by atoms with Gasteiger partial charge in [0.05, 0.1) is 0 Å². The number of amides is 1. The molecule has 0 aromatic heterocycles. The molecule has 76 valence electrons. The van der Waals surface area contributed by atoms with Crippen molar-refractivity contribution < 1.29 is 14.3 Å². The summed E-state index contributed by atoms with van der Waals surface area (Å²) < 4.78 is 5.16. The molecule has 4 nitrogen and oxygen atoms in total. The number of rotatable bonds is 4. The maximum absolute atomic E-state index is 11.3. The van der Waals surface area contributed by atoms with E-state index in [0.717, 1.165) is 13.0 Å². The fraction of sp³-hybridized carbons (Fsp3) is 0.875. The number of hydrogen-bond acceptors (Lipinski definition) is 3. The Morgan fingerprint density at radius 1 is 1.62 bits per heavy atom. The molecule has 1 aliphatic rings. The van der Waals surface area contributed by atoms with E-state index >= 15 is 0 Å². The van der Waals surface area contributed by atoms with Crippen LogP contribution < -0.4 is 0 Å². The Balaban J connectivity index is 2.30. The molecule has 0 bridgehead atoms. The molecule has 2 unspecified atom stereocenters. The lowest BCUT2D eigenvalue weighted by Crippen LogP contribution is -2.40. The highest BCUT2D eigenvalue weighted by atomic mass is 28.2. The fourth-order valence-electron chi connectivity index (χ4n) is 1.50. The zero-order chi connectivity index (χ0) is 9.84. The molecule has 1 fully saturated rings. The van der Waals surface area contributed by atoms with Crippen LogP contribution in [0.15, 0.2) is 0 Å². The van der Waals surface area contributed by atoms with E-state index < -0.39 is 16.1 Å². The Morgan fingerprint density at radius 3 is 2.77 bits per heavy atom. The SMILES string of the molecule is CC(O)O[SiH2]C(C)N1CCCC1=O. The predicted octanol–water partition coefficient (Wildman–Crippen LogP) is -0.607. The Bertz CT molecular complexity index is 186. The van der Waals surface area contributed by atoms with Crippen LogP contribution in [0.1, 0.15) is 26.7 Å². The molecule has 1 N–H and O–H groups in total. The highest BCUT2D eigenvalue weighted by Crippen LogP contribution is 2.12. The van der Waals surface area contributed by atoms with Crippen molar-refractivity contribution >= 4 is 15.7 Å². The van der Waals surface area contributed by atoms with Crippen LogP contribution in [0.25, 0.3) is 0 Å². The molecule has 1 aliphatic heterocycles. The average Bonchev–Trinajstić information content (AvgIpc) is 2.47. The van der Waals surface area contributed by atoms with Crippen molar-refractivity contribution in [2.45, 2.75) is 38.6 Å². The van der Waals surface area contributed by atoms with Crippen molar-refractivity contribution in [2.24, 2.45) is 0 Å². The molecule has 1 amide bonds. The van der Waals surface area contributed by atoms with Crippen molar-refractivity contribution in [3.63, 3.8) is 0 Å². The third kappa shape index (κ3) is 3.09. The van der Waals surface area contributed by atoms with Crippen molar-refractivity contribution in [2.75, 3.05) is 6.54 Å². The largest absolute Gasteiger partial charge is 0.398 e. The van der Waals surface area contributed by atoms with Gasteiger partial charge in [0.1, 0.15) is 6.29 Å². The second-order valence-corrected chi connectivity index (χ2v) is 5.32. The first-order valence-electron chi connectivity index (χ1n) is 4.70. The van der Waals surface area contributed by atoms with Crippen LogP contribution in [0.3, 0.4) is 0 Å². The Labute approximate surface area is 80.8 Å². The highest BCUT2D eigenvalue weighted by Gasteiger charge is 2.25. The third-order valence-electron chi connectivity index (χ3n) is 2.22. The summed E-state index contributed by atoms with van der Waals surface area (Å²) in [5.74, 6) is 0.231. The number of nitrogens with zero attached hydrogens (tertiary/aromatic N) is 1. The molecule has 2 atom stereocenters. The summed E-state index contributed by atoms with van der Waals surface area (Å²) in [6.07, 6.45) is 0.950. The van der Waals surface area contributed by atoms with E-state index in [9.17, 15) is 4.79 Å². The second kappa shape index (κ2) is 4.73. The van der Waals surface area contributed by atoms with E-state index in [1.807, 2.05) is 11.8 Å². The van der Waals surface area contributed by atoms with Crippen LogP contribution in [-0.2, 0) is 9.22 Å². The standard InChI is InChI=1S/C8H17NO3Si/c1-6(13-12-7(2)10)9-5-3-4-8(9)11/h6-7,10H,3-5,13H2,1-2H3. The second-order valence-electron chi connectivity index (χ2n) is 3.47. The summed E-state index contributed by atoms with van der Waals surface area (Å²) >= 11 is 0. The van der Waals surface area contributed by atoms with Gasteiger partial charge in [-0.1, -0.05) is 0 Å². The summed E-state index contributed by atoms with van der Waals surface area (Å²) in [4.78, 5) is 13.2. The van der Waals surface area contributed by atoms with Gasteiger partial charge in [-0.3, -0.25) is 4.79 Å². The van der Waals surface area contributed by atoms with Gasteiger partial charge >= 0.3 is 0 Å². The first kappa shape index (κ1) is 10.7. The van der Waals surface area contributed by atoms with Crippen molar-refractivity contribution in [3.8, 4) is 0 Å². The minimum absolute atomic E-state index is 0.213. The first-order chi connectivity index (χ1) is 6.11. The van der Waals surface area contributed by atoms with Crippen molar-refractivity contribution in [1.82, 2.24) is 4.90 Å². The summed E-state index contributed by atoms with van der Waals surface area (Å²) in [5, 5.41) is 8.92. The molecular formula is C8H17NO3Si. The number of hydrogen-bond donors (Lipinski definition) is 1. The molecule has 1 heterocycles. The number of likely N-dealkylation sites (tertiary alicyclic amines) is 1. The normalized spacial score (nSPS) is 23.0. The maximum Gasteiger partial charge on any atom is 0.222 e. The number of carbonyl (C=O) groups excluding carboxylic acids is 1. The maximum atomic E-state index is 11.3. The molecule has 1 saturated heterocycles. The third-order valence-corrected chi connectivity index (χ3v) is 3.82. The van der Waals surface area contributed by atoms with Crippen LogP contribution in [-0.4, -0.2) is 44.2 Å². The number of carbonyl (C=O) groups is 1. The van der Waals surface area contributed by atoms with E-state index in [0.29, 0.717) is 6.42 Å². The van der Waals surface area contributed by atoms with E-state index in [1.54, 1.807) is 6.92 Å². The molecule has 0 aromatic carbocycles. The quantitative estimate of drug-likeness (QED) is 0.490. The van der Waals surface area contributed by atoms with Gasteiger partial charge in [0, 0.05) is 18.6 Å². The lowest BCUT2D eigenvalue weighted by Gasteiger charge is -2.24. The lowest BCUT2D eigenvalue weighted by atomic mass is 10.4.